The molecule has 0 radical (unpaired) electrons. The van der Waals surface area contributed by atoms with E-state index in [4.69, 9.17) is 10.8 Å². The van der Waals surface area contributed by atoms with E-state index in [2.05, 4.69) is 21.3 Å². The van der Waals surface area contributed by atoms with Crippen molar-refractivity contribution in [1.82, 2.24) is 16.0 Å². The third-order valence-corrected chi connectivity index (χ3v) is 11.5. The first kappa shape index (κ1) is 54.9. The Bertz CT molecular complexity index is 1730. The van der Waals surface area contributed by atoms with E-state index in [1.165, 1.54) is 0 Å². The van der Waals surface area contributed by atoms with Crippen molar-refractivity contribution in [1.29, 1.82) is 0 Å². The molecule has 0 spiro atoms. The summed E-state index contributed by atoms with van der Waals surface area (Å²) < 4.78 is 66.2. The van der Waals surface area contributed by atoms with Crippen LogP contribution in [0.4, 0.5) is 5.69 Å². The molecule has 4 amide bonds. The molecule has 0 saturated carbocycles. The lowest BCUT2D eigenvalue weighted by molar-refractivity contribution is -0.137. The highest BCUT2D eigenvalue weighted by Gasteiger charge is 2.34. The zero-order valence-electron chi connectivity index (χ0n) is 35.5. The molecular formula is C41H69N5O13S2. The van der Waals surface area contributed by atoms with Gasteiger partial charge in [0.2, 0.25) is 17.7 Å². The minimum atomic E-state index is -4.89. The molecule has 9 N–H and O–H groups in total. The normalized spacial score (nSPS) is 13.1. The molecule has 20 heteroatoms. The Hall–Kier alpha value is -4.14. The van der Waals surface area contributed by atoms with Crippen LogP contribution in [0.1, 0.15) is 152 Å². The smallest absolute Gasteiger partial charge is 0.303 e. The van der Waals surface area contributed by atoms with Crippen molar-refractivity contribution >= 4 is 61.3 Å². The first-order valence-electron chi connectivity index (χ1n) is 21.5. The summed E-state index contributed by atoms with van der Waals surface area (Å²) in [6, 6.07) is 3.75. The molecule has 61 heavy (non-hydrogen) atoms. The number of ketones is 1. The highest BCUT2D eigenvalue weighted by Crippen LogP contribution is 2.16. The Balaban J connectivity index is 2.59. The largest absolute Gasteiger partial charge is 0.481 e. The second-order valence-corrected chi connectivity index (χ2v) is 18.5. The fourth-order valence-electron chi connectivity index (χ4n) is 6.60. The number of carbonyl (C=O) groups excluding carboxylic acids is 5. The molecule has 0 bridgehead atoms. The van der Waals surface area contributed by atoms with Crippen LogP contribution >= 0.6 is 0 Å². The van der Waals surface area contributed by atoms with Crippen LogP contribution in [-0.2, 0) is 44.2 Å². The van der Waals surface area contributed by atoms with Gasteiger partial charge in [-0.15, -0.1) is 0 Å². The first-order valence-corrected chi connectivity index (χ1v) is 24.7. The number of nitrogens with two attached hydrogens (primary N) is 1. The number of aliphatic carboxylic acids is 1. The summed E-state index contributed by atoms with van der Waals surface area (Å²) in [6.07, 6.45) is 14.3. The summed E-state index contributed by atoms with van der Waals surface area (Å²) in [4.78, 5) is 74.5. The Labute approximate surface area is 361 Å². The van der Waals surface area contributed by atoms with Crippen LogP contribution in [0.2, 0.25) is 0 Å². The molecule has 0 aliphatic rings. The van der Waals surface area contributed by atoms with Crippen molar-refractivity contribution in [3.05, 3.63) is 29.8 Å². The SMILES string of the molecule is CCCNc1ccc(C(=O)NCCCC[C@H](NC(=O)[C@@H](CC(=O)[C@H](CS(=O)(=O)O)NC(=O)CCCCCCCCCCCCCCCCC(=O)O)CS(=O)(=O)O)C(N)=O)cc1. The number of carbonyl (C=O) groups is 6. The summed E-state index contributed by atoms with van der Waals surface area (Å²) in [5.74, 6) is -9.34. The van der Waals surface area contributed by atoms with Crippen molar-refractivity contribution in [3.63, 3.8) is 0 Å². The minimum absolute atomic E-state index is 0.0242. The highest BCUT2D eigenvalue weighted by molar-refractivity contribution is 7.86. The fraction of sp³-hybridized carbons (Fsp3) is 0.707. The first-order chi connectivity index (χ1) is 28.8. The van der Waals surface area contributed by atoms with Gasteiger partial charge in [-0.1, -0.05) is 84.0 Å². The average molecular weight is 904 g/mol. The maximum atomic E-state index is 13.3. The van der Waals surface area contributed by atoms with Crippen molar-refractivity contribution in [2.45, 2.75) is 154 Å². The molecule has 0 aromatic heterocycles. The van der Waals surface area contributed by atoms with Crippen molar-refractivity contribution < 1.29 is 59.8 Å². The zero-order chi connectivity index (χ0) is 45.7. The molecule has 348 valence electrons. The second kappa shape index (κ2) is 30.8. The van der Waals surface area contributed by atoms with Gasteiger partial charge in [0.1, 0.15) is 17.8 Å². The van der Waals surface area contributed by atoms with E-state index in [0.29, 0.717) is 24.8 Å². The number of nitrogens with one attached hydrogen (secondary N) is 4. The van der Waals surface area contributed by atoms with Crippen LogP contribution in [0.3, 0.4) is 0 Å². The lowest BCUT2D eigenvalue weighted by atomic mass is 9.98. The number of hydrogen-bond donors (Lipinski definition) is 8. The van der Waals surface area contributed by atoms with Crippen LogP contribution in [-0.4, -0.2) is 103 Å². The van der Waals surface area contributed by atoms with E-state index >= 15 is 0 Å². The summed E-state index contributed by atoms with van der Waals surface area (Å²) in [7, 11) is -9.73. The lowest BCUT2D eigenvalue weighted by Gasteiger charge is -2.22. The van der Waals surface area contributed by atoms with Gasteiger partial charge in [0.05, 0.1) is 11.7 Å². The van der Waals surface area contributed by atoms with Gasteiger partial charge in [0, 0.05) is 43.6 Å². The van der Waals surface area contributed by atoms with Gasteiger partial charge in [0.15, 0.2) is 5.78 Å². The van der Waals surface area contributed by atoms with E-state index in [0.717, 1.165) is 95.7 Å². The quantitative estimate of drug-likeness (QED) is 0.0336. The van der Waals surface area contributed by atoms with Crippen molar-refractivity contribution in [2.75, 3.05) is 29.9 Å². The Kier molecular flexibility index (Phi) is 27.7. The molecule has 0 saturated heterocycles. The second-order valence-electron chi connectivity index (χ2n) is 15.5. The predicted octanol–water partition coefficient (Wildman–Crippen LogP) is 4.54. The minimum Gasteiger partial charge on any atom is -0.481 e. The molecule has 0 aliphatic carbocycles. The average Bonchev–Trinajstić information content (AvgIpc) is 3.17. The van der Waals surface area contributed by atoms with Gasteiger partial charge in [-0.3, -0.25) is 37.9 Å². The Morgan fingerprint density at radius 2 is 1.15 bits per heavy atom. The maximum absolute atomic E-state index is 13.3. The molecule has 18 nitrogen and oxygen atoms in total. The number of hydrogen-bond acceptors (Lipinski definition) is 11. The standard InChI is InChI=1S/C41H69N5O13S2/c1-2-26-43-33-24-22-31(23-25-33)40(52)44-27-18-17-19-34(39(42)51)46-41(53)32(29-60(54,55)56)28-36(47)35(30-61(57,58)59)45-37(48)20-15-13-11-9-7-5-3-4-6-8-10-12-14-16-21-38(49)50/h22-25,32,34-35,43H,2-21,26-30H2,1H3,(H2,42,51)(H,44,52)(H,45,48)(H,46,53)(H,49,50)(H,54,55,56)(H,57,58,59)/t32-,34-,35-/m0/s1. The Morgan fingerprint density at radius 3 is 1.62 bits per heavy atom. The van der Waals surface area contributed by atoms with Gasteiger partial charge < -0.3 is 32.1 Å². The van der Waals surface area contributed by atoms with E-state index in [-0.39, 0.29) is 38.1 Å². The van der Waals surface area contributed by atoms with Crippen LogP contribution in [0.25, 0.3) is 0 Å². The molecule has 1 aromatic carbocycles. The van der Waals surface area contributed by atoms with Crippen LogP contribution in [0, 0.1) is 5.92 Å². The number of benzene rings is 1. The topological polar surface area (TPSA) is 306 Å². The molecule has 0 fully saturated rings. The number of anilines is 1. The summed E-state index contributed by atoms with van der Waals surface area (Å²) in [5.41, 5.74) is 6.79. The number of rotatable bonds is 37. The lowest BCUT2D eigenvalue weighted by Crippen LogP contribution is -2.50. The molecule has 1 rings (SSSR count). The summed E-state index contributed by atoms with van der Waals surface area (Å²) in [6.45, 7) is 3.05. The van der Waals surface area contributed by atoms with E-state index < -0.39 is 85.6 Å². The zero-order valence-corrected chi connectivity index (χ0v) is 37.2. The molecular weight excluding hydrogens is 835 g/mol. The molecule has 0 unspecified atom stereocenters. The maximum Gasteiger partial charge on any atom is 0.303 e. The van der Waals surface area contributed by atoms with Crippen LogP contribution in [0.5, 0.6) is 0 Å². The Morgan fingerprint density at radius 1 is 0.639 bits per heavy atom. The highest BCUT2D eigenvalue weighted by atomic mass is 32.2. The number of primary amides is 1. The van der Waals surface area contributed by atoms with E-state index in [1.807, 2.05) is 6.92 Å². The van der Waals surface area contributed by atoms with E-state index in [9.17, 15) is 54.7 Å². The fourth-order valence-corrected chi connectivity index (χ4v) is 8.07. The number of Topliss-reactive ketones (excluding diaryl/α,β-unsaturated/α-hetero) is 1. The van der Waals surface area contributed by atoms with Gasteiger partial charge in [0.25, 0.3) is 26.1 Å². The number of carboxylic acids is 1. The summed E-state index contributed by atoms with van der Waals surface area (Å²) in [5, 5.41) is 19.2. The molecule has 0 heterocycles. The summed E-state index contributed by atoms with van der Waals surface area (Å²) >= 11 is 0. The number of carboxylic acid groups (broad SMARTS) is 1. The van der Waals surface area contributed by atoms with Gasteiger partial charge in [-0.25, -0.2) is 0 Å². The number of amides is 4. The predicted molar refractivity (Wildman–Crippen MR) is 232 cm³/mol. The molecule has 1 aromatic rings. The third-order valence-electron chi connectivity index (χ3n) is 9.97. The van der Waals surface area contributed by atoms with Crippen LogP contribution in [0.15, 0.2) is 24.3 Å². The van der Waals surface area contributed by atoms with Crippen molar-refractivity contribution in [2.24, 2.45) is 11.7 Å². The molecule has 0 aliphatic heterocycles. The van der Waals surface area contributed by atoms with Crippen molar-refractivity contribution in [3.8, 4) is 0 Å². The van der Waals surface area contributed by atoms with Gasteiger partial charge >= 0.3 is 5.97 Å². The number of unbranched alkanes of at least 4 members (excludes halogenated alkanes) is 14. The van der Waals surface area contributed by atoms with Crippen LogP contribution < -0.4 is 27.0 Å². The van der Waals surface area contributed by atoms with Gasteiger partial charge in [-0.05, 0) is 62.8 Å². The molecule has 3 atom stereocenters. The monoisotopic (exact) mass is 903 g/mol. The third kappa shape index (κ3) is 28.9. The van der Waals surface area contributed by atoms with Gasteiger partial charge in [-0.2, -0.15) is 16.8 Å². The van der Waals surface area contributed by atoms with E-state index in [1.54, 1.807) is 24.3 Å².